The number of carboxylic acid groups (broad SMARTS) is 1. The second-order valence-corrected chi connectivity index (χ2v) is 13.4. The molecular formula is C39H55NO4. The summed E-state index contributed by atoms with van der Waals surface area (Å²) in [5.41, 5.74) is 11.6. The minimum atomic E-state index is -0.964. The highest BCUT2D eigenvalue weighted by atomic mass is 16.5. The Morgan fingerprint density at radius 1 is 0.659 bits per heavy atom. The van der Waals surface area contributed by atoms with Gasteiger partial charge in [0.1, 0.15) is 11.5 Å². The van der Waals surface area contributed by atoms with E-state index in [0.29, 0.717) is 37.3 Å². The maximum atomic E-state index is 12.1. The zero-order valence-corrected chi connectivity index (χ0v) is 28.0. The van der Waals surface area contributed by atoms with Crippen molar-refractivity contribution in [3.8, 4) is 11.5 Å². The first-order valence-electron chi connectivity index (χ1n) is 16.6. The number of nitrogens with two attached hydrogens (primary N) is 1. The van der Waals surface area contributed by atoms with Crippen LogP contribution in [0.25, 0.3) is 0 Å². The molecule has 3 aromatic carbocycles. The van der Waals surface area contributed by atoms with Crippen molar-refractivity contribution in [1.29, 1.82) is 0 Å². The lowest BCUT2D eigenvalue weighted by Crippen LogP contribution is -2.17. The van der Waals surface area contributed by atoms with Crippen LogP contribution < -0.4 is 15.2 Å². The van der Waals surface area contributed by atoms with Crippen molar-refractivity contribution in [3.05, 3.63) is 88.5 Å². The van der Waals surface area contributed by atoms with E-state index in [1.54, 1.807) is 12.1 Å². The Morgan fingerprint density at radius 3 is 1.50 bits per heavy atom. The van der Waals surface area contributed by atoms with Crippen LogP contribution in [-0.2, 0) is 23.7 Å². The number of ether oxygens (including phenoxy) is 2. The number of unbranched alkanes of at least 4 members (excludes halogenated alkanes) is 4. The average molecular weight is 602 g/mol. The van der Waals surface area contributed by atoms with Crippen LogP contribution in [0.4, 0.5) is 5.69 Å². The SMILES string of the molecule is CCCCCC(C)(C)c1ccc(OCCc2c(N)ccc(C(=O)O)c2CCOc2ccc(C(C)(C)CCCCC)cc2)cc1. The summed E-state index contributed by atoms with van der Waals surface area (Å²) >= 11 is 0. The van der Waals surface area contributed by atoms with Crippen LogP contribution in [-0.4, -0.2) is 24.3 Å². The van der Waals surface area contributed by atoms with Crippen molar-refractivity contribution in [2.75, 3.05) is 18.9 Å². The molecule has 0 atom stereocenters. The first-order valence-corrected chi connectivity index (χ1v) is 16.6. The Morgan fingerprint density at radius 2 is 1.09 bits per heavy atom. The number of nitrogen functional groups attached to an aromatic ring is 1. The standard InChI is InChI=1S/C39H55NO4/c1-7-9-11-25-38(3,4)29-13-17-31(18-14-29)43-27-23-33-34(36(40)22-21-35(33)37(41)42)24-28-44-32-19-15-30(16-20-32)39(5,6)26-12-10-8-2/h13-22H,7-12,23-28,40H2,1-6H3,(H,41,42). The van der Waals surface area contributed by atoms with E-state index in [-0.39, 0.29) is 16.4 Å². The van der Waals surface area contributed by atoms with Gasteiger partial charge in [-0.3, -0.25) is 0 Å². The molecule has 0 saturated heterocycles. The third-order valence-electron chi connectivity index (χ3n) is 9.02. The molecule has 0 spiro atoms. The molecule has 0 fully saturated rings. The molecule has 0 aliphatic carbocycles. The maximum Gasteiger partial charge on any atom is 0.335 e. The van der Waals surface area contributed by atoms with Crippen LogP contribution in [0.2, 0.25) is 0 Å². The predicted octanol–water partition coefficient (Wildman–Crippen LogP) is 9.93. The second-order valence-electron chi connectivity index (χ2n) is 13.4. The van der Waals surface area contributed by atoms with E-state index in [0.717, 1.165) is 29.9 Å². The Hall–Kier alpha value is -3.47. The van der Waals surface area contributed by atoms with E-state index in [4.69, 9.17) is 15.2 Å². The lowest BCUT2D eigenvalue weighted by Gasteiger charge is -2.25. The van der Waals surface area contributed by atoms with E-state index in [2.05, 4.69) is 65.8 Å². The van der Waals surface area contributed by atoms with E-state index in [1.807, 2.05) is 24.3 Å². The lowest BCUT2D eigenvalue weighted by molar-refractivity contribution is 0.0695. The largest absolute Gasteiger partial charge is 0.493 e. The molecule has 0 bridgehead atoms. The molecule has 0 saturated carbocycles. The third-order valence-corrected chi connectivity index (χ3v) is 9.02. The molecule has 0 radical (unpaired) electrons. The molecule has 0 aliphatic rings. The monoisotopic (exact) mass is 601 g/mol. The summed E-state index contributed by atoms with van der Waals surface area (Å²) in [5, 5.41) is 9.93. The van der Waals surface area contributed by atoms with Gasteiger partial charge < -0.3 is 20.3 Å². The molecule has 0 unspecified atom stereocenters. The summed E-state index contributed by atoms with van der Waals surface area (Å²) < 4.78 is 12.2. The molecule has 5 nitrogen and oxygen atoms in total. The third kappa shape index (κ3) is 10.0. The number of rotatable bonds is 19. The second kappa shape index (κ2) is 16.6. The van der Waals surface area contributed by atoms with Crippen LogP contribution in [0.1, 0.15) is 126 Å². The van der Waals surface area contributed by atoms with Gasteiger partial charge in [0, 0.05) is 18.5 Å². The van der Waals surface area contributed by atoms with Crippen molar-refractivity contribution in [1.82, 2.24) is 0 Å². The minimum Gasteiger partial charge on any atom is -0.493 e. The number of benzene rings is 3. The fourth-order valence-corrected chi connectivity index (χ4v) is 5.96. The van der Waals surface area contributed by atoms with E-state index >= 15 is 0 Å². The van der Waals surface area contributed by atoms with Crippen LogP contribution in [0, 0.1) is 0 Å². The highest BCUT2D eigenvalue weighted by Gasteiger charge is 2.21. The molecule has 5 heteroatoms. The van der Waals surface area contributed by atoms with Crippen molar-refractivity contribution in [2.24, 2.45) is 0 Å². The fourth-order valence-electron chi connectivity index (χ4n) is 5.96. The van der Waals surface area contributed by atoms with Crippen LogP contribution >= 0.6 is 0 Å². The zero-order valence-electron chi connectivity index (χ0n) is 28.0. The van der Waals surface area contributed by atoms with Crippen molar-refractivity contribution < 1.29 is 19.4 Å². The molecule has 240 valence electrons. The van der Waals surface area contributed by atoms with E-state index in [1.165, 1.54) is 49.7 Å². The van der Waals surface area contributed by atoms with Crippen LogP contribution in [0.5, 0.6) is 11.5 Å². The Balaban J connectivity index is 1.63. The van der Waals surface area contributed by atoms with Crippen molar-refractivity contribution in [2.45, 2.75) is 117 Å². The quantitative estimate of drug-likeness (QED) is 0.106. The first kappa shape index (κ1) is 35.0. The van der Waals surface area contributed by atoms with Gasteiger partial charge in [-0.05, 0) is 82.3 Å². The van der Waals surface area contributed by atoms with Crippen molar-refractivity contribution >= 4 is 11.7 Å². The van der Waals surface area contributed by atoms with Gasteiger partial charge in [0.15, 0.2) is 0 Å². The summed E-state index contributed by atoms with van der Waals surface area (Å²) in [4.78, 5) is 12.1. The number of carboxylic acids is 1. The van der Waals surface area contributed by atoms with Gasteiger partial charge in [0.2, 0.25) is 0 Å². The molecule has 0 aliphatic heterocycles. The summed E-state index contributed by atoms with van der Waals surface area (Å²) in [6.45, 7) is 14.4. The highest BCUT2D eigenvalue weighted by molar-refractivity contribution is 5.90. The van der Waals surface area contributed by atoms with Gasteiger partial charge in [0.05, 0.1) is 18.8 Å². The van der Waals surface area contributed by atoms with Gasteiger partial charge in [-0.15, -0.1) is 0 Å². The molecule has 3 aromatic rings. The summed E-state index contributed by atoms with van der Waals surface area (Å²) in [6.07, 6.45) is 10.7. The normalized spacial score (nSPS) is 11.9. The number of anilines is 1. The number of carbonyl (C=O) groups is 1. The maximum absolute atomic E-state index is 12.1. The zero-order chi connectivity index (χ0) is 32.2. The Bertz CT molecular complexity index is 1310. The van der Waals surface area contributed by atoms with Gasteiger partial charge in [-0.2, -0.15) is 0 Å². The topological polar surface area (TPSA) is 81.8 Å². The van der Waals surface area contributed by atoms with Crippen LogP contribution in [0.15, 0.2) is 60.7 Å². The molecule has 0 amide bonds. The molecule has 3 N–H and O–H groups in total. The van der Waals surface area contributed by atoms with Gasteiger partial charge in [0.25, 0.3) is 0 Å². The molecule has 3 rings (SSSR count). The van der Waals surface area contributed by atoms with Gasteiger partial charge >= 0.3 is 5.97 Å². The van der Waals surface area contributed by atoms with Crippen molar-refractivity contribution in [3.63, 3.8) is 0 Å². The fraction of sp³-hybridized carbons (Fsp3) is 0.513. The summed E-state index contributed by atoms with van der Waals surface area (Å²) in [6, 6.07) is 20.0. The number of aromatic carboxylic acids is 1. The van der Waals surface area contributed by atoms with Crippen LogP contribution in [0.3, 0.4) is 0 Å². The van der Waals surface area contributed by atoms with E-state index < -0.39 is 5.97 Å². The Kier molecular flexibility index (Phi) is 13.2. The minimum absolute atomic E-state index is 0.121. The van der Waals surface area contributed by atoms with E-state index in [9.17, 15) is 9.90 Å². The molecular weight excluding hydrogens is 546 g/mol. The van der Waals surface area contributed by atoms with Gasteiger partial charge in [-0.1, -0.05) is 104 Å². The number of hydrogen-bond donors (Lipinski definition) is 2. The van der Waals surface area contributed by atoms with Gasteiger partial charge in [-0.25, -0.2) is 4.79 Å². The molecule has 44 heavy (non-hydrogen) atoms. The smallest absolute Gasteiger partial charge is 0.335 e. The molecule has 0 heterocycles. The summed E-state index contributed by atoms with van der Waals surface area (Å²) in [7, 11) is 0. The first-order chi connectivity index (χ1) is 21.0. The number of hydrogen-bond acceptors (Lipinski definition) is 4. The molecule has 0 aromatic heterocycles. The lowest BCUT2D eigenvalue weighted by atomic mass is 9.80. The Labute approximate surface area is 266 Å². The average Bonchev–Trinajstić information content (AvgIpc) is 2.99. The summed E-state index contributed by atoms with van der Waals surface area (Å²) in [5.74, 6) is 0.614. The predicted molar refractivity (Wildman–Crippen MR) is 183 cm³/mol. The highest BCUT2D eigenvalue weighted by Crippen LogP contribution is 2.32.